The van der Waals surface area contributed by atoms with Crippen molar-refractivity contribution in [2.45, 2.75) is 31.5 Å². The number of carbonyl (C=O) groups excluding carboxylic acids is 1. The minimum Gasteiger partial charge on any atom is -0.298 e. The van der Waals surface area contributed by atoms with Gasteiger partial charge in [0, 0.05) is 10.7 Å². The third kappa shape index (κ3) is 0.956. The number of halogens is 2. The van der Waals surface area contributed by atoms with Gasteiger partial charge >= 0.3 is 0 Å². The van der Waals surface area contributed by atoms with E-state index in [1.165, 1.54) is 6.42 Å². The molecular weight excluding hydrogens is 296 g/mol. The number of rotatable bonds is 1. The van der Waals surface area contributed by atoms with Crippen LogP contribution in [0.1, 0.15) is 26.7 Å². The number of Topliss-reactive ketones (excluding diaryl/α,β-unsaturated/α-hetero) is 1. The highest BCUT2D eigenvalue weighted by Crippen LogP contribution is 2.65. The van der Waals surface area contributed by atoms with Crippen molar-refractivity contribution >= 4 is 37.6 Å². The smallest absolute Gasteiger partial charge is 0.153 e. The molecular formula is C10H14Br2O. The molecule has 0 radical (unpaired) electrons. The third-order valence-electron chi connectivity index (χ3n) is 4.46. The van der Waals surface area contributed by atoms with Gasteiger partial charge in [0.15, 0.2) is 5.78 Å². The van der Waals surface area contributed by atoms with E-state index in [1.54, 1.807) is 0 Å². The van der Waals surface area contributed by atoms with Crippen LogP contribution in [0.25, 0.3) is 0 Å². The topological polar surface area (TPSA) is 17.1 Å². The van der Waals surface area contributed by atoms with Crippen LogP contribution in [-0.4, -0.2) is 15.9 Å². The zero-order chi connectivity index (χ0) is 9.85. The summed E-state index contributed by atoms with van der Waals surface area (Å²) in [7, 11) is 0. The zero-order valence-electron chi connectivity index (χ0n) is 7.94. The van der Waals surface area contributed by atoms with Crippen molar-refractivity contribution in [3.8, 4) is 0 Å². The molecule has 1 nitrogen and oxygen atoms in total. The zero-order valence-corrected chi connectivity index (χ0v) is 11.1. The van der Waals surface area contributed by atoms with E-state index < -0.39 is 0 Å². The number of alkyl halides is 2. The molecule has 0 aromatic carbocycles. The molecule has 0 aliphatic heterocycles. The number of fused-ring (bicyclic) bond motifs is 2. The fraction of sp³-hybridized carbons (Fsp3) is 0.900. The van der Waals surface area contributed by atoms with Crippen LogP contribution in [0.4, 0.5) is 0 Å². The Morgan fingerprint density at radius 3 is 2.46 bits per heavy atom. The number of carbonyl (C=O) groups is 1. The average molecular weight is 310 g/mol. The Balaban J connectivity index is 2.49. The van der Waals surface area contributed by atoms with Gasteiger partial charge < -0.3 is 0 Å². The molecule has 0 aromatic rings. The molecule has 2 bridgehead atoms. The second kappa shape index (κ2) is 2.82. The molecule has 74 valence electrons. The summed E-state index contributed by atoms with van der Waals surface area (Å²) in [6.45, 7) is 4.39. The minimum atomic E-state index is -0.0880. The predicted molar refractivity (Wildman–Crippen MR) is 60.5 cm³/mol. The largest absolute Gasteiger partial charge is 0.298 e. The average Bonchev–Trinajstić information content (AvgIpc) is 2.44. The molecule has 0 spiro atoms. The van der Waals surface area contributed by atoms with Crippen molar-refractivity contribution in [3.05, 3.63) is 0 Å². The van der Waals surface area contributed by atoms with Crippen molar-refractivity contribution < 1.29 is 4.79 Å². The van der Waals surface area contributed by atoms with E-state index >= 15 is 0 Å². The molecule has 2 saturated carbocycles. The van der Waals surface area contributed by atoms with Gasteiger partial charge in [-0.05, 0) is 24.2 Å². The molecule has 2 rings (SSSR count). The van der Waals surface area contributed by atoms with E-state index in [0.29, 0.717) is 11.7 Å². The second-order valence-electron chi connectivity index (χ2n) is 4.79. The van der Waals surface area contributed by atoms with Gasteiger partial charge in [-0.15, -0.1) is 0 Å². The van der Waals surface area contributed by atoms with E-state index in [9.17, 15) is 4.79 Å². The fourth-order valence-electron chi connectivity index (χ4n) is 3.07. The van der Waals surface area contributed by atoms with Crippen molar-refractivity contribution in [1.82, 2.24) is 0 Å². The molecule has 3 heteroatoms. The van der Waals surface area contributed by atoms with Crippen LogP contribution in [0.15, 0.2) is 0 Å². The lowest BCUT2D eigenvalue weighted by molar-refractivity contribution is -0.127. The molecule has 2 aliphatic carbocycles. The fourth-order valence-corrected chi connectivity index (χ4v) is 5.45. The Labute approximate surface area is 95.9 Å². The summed E-state index contributed by atoms with van der Waals surface area (Å²) in [5.41, 5.74) is 0.0770. The van der Waals surface area contributed by atoms with Gasteiger partial charge in [0.25, 0.3) is 0 Å². The molecule has 4 atom stereocenters. The number of hydrogen-bond donors (Lipinski definition) is 0. The molecule has 0 amide bonds. The number of ketones is 1. The summed E-state index contributed by atoms with van der Waals surface area (Å²) in [6, 6.07) is 0. The summed E-state index contributed by atoms with van der Waals surface area (Å²) < 4.78 is 0. The molecule has 0 saturated heterocycles. The molecule has 0 heterocycles. The van der Waals surface area contributed by atoms with Gasteiger partial charge in [0.2, 0.25) is 0 Å². The van der Waals surface area contributed by atoms with Crippen LogP contribution in [0, 0.1) is 16.7 Å². The number of hydrogen-bond acceptors (Lipinski definition) is 1. The predicted octanol–water partition coefficient (Wildman–Crippen LogP) is 3.15. The van der Waals surface area contributed by atoms with Crippen LogP contribution >= 0.6 is 31.9 Å². The lowest BCUT2D eigenvalue weighted by Crippen LogP contribution is -2.36. The maximum absolute atomic E-state index is 12.0. The summed E-state index contributed by atoms with van der Waals surface area (Å²) in [5.74, 6) is 0.954. The molecule has 13 heavy (non-hydrogen) atoms. The van der Waals surface area contributed by atoms with Crippen molar-refractivity contribution in [2.24, 2.45) is 16.7 Å². The highest BCUT2D eigenvalue weighted by Gasteiger charge is 2.67. The quantitative estimate of drug-likeness (QED) is 0.680. The Kier molecular flexibility index (Phi) is 2.20. The van der Waals surface area contributed by atoms with E-state index in [4.69, 9.17) is 0 Å². The first-order valence-corrected chi connectivity index (χ1v) is 6.75. The lowest BCUT2D eigenvalue weighted by Gasteiger charge is -2.34. The van der Waals surface area contributed by atoms with Gasteiger partial charge in [-0.1, -0.05) is 45.7 Å². The Bertz CT molecular complexity index is 266. The molecule has 0 N–H and O–H groups in total. The van der Waals surface area contributed by atoms with Gasteiger partial charge in [0.05, 0.1) is 4.83 Å². The summed E-state index contributed by atoms with van der Waals surface area (Å²) in [6.07, 6.45) is 2.26. The highest BCUT2D eigenvalue weighted by molar-refractivity contribution is 9.10. The van der Waals surface area contributed by atoms with E-state index in [1.807, 2.05) is 0 Å². The van der Waals surface area contributed by atoms with Crippen LogP contribution in [0.2, 0.25) is 0 Å². The Hall–Kier alpha value is 0.630. The molecule has 2 aliphatic rings. The minimum absolute atomic E-state index is 0.0880. The molecule has 3 unspecified atom stereocenters. The monoisotopic (exact) mass is 308 g/mol. The van der Waals surface area contributed by atoms with Crippen LogP contribution in [0.3, 0.4) is 0 Å². The van der Waals surface area contributed by atoms with Crippen molar-refractivity contribution in [3.63, 3.8) is 0 Å². The van der Waals surface area contributed by atoms with Crippen LogP contribution in [0.5, 0.6) is 0 Å². The van der Waals surface area contributed by atoms with Gasteiger partial charge in [-0.25, -0.2) is 0 Å². The Morgan fingerprint density at radius 1 is 1.54 bits per heavy atom. The van der Waals surface area contributed by atoms with E-state index in [0.717, 1.165) is 11.8 Å². The van der Waals surface area contributed by atoms with Crippen LogP contribution in [-0.2, 0) is 4.79 Å². The Morgan fingerprint density at radius 2 is 2.15 bits per heavy atom. The summed E-state index contributed by atoms with van der Waals surface area (Å²) in [4.78, 5) is 12.1. The normalized spacial score (nSPS) is 54.6. The first-order valence-electron chi connectivity index (χ1n) is 4.72. The SMILES string of the molecule is CC1(CBr)C2CC[C@]1(C)C(=O)C2Br. The maximum Gasteiger partial charge on any atom is 0.153 e. The van der Waals surface area contributed by atoms with Gasteiger partial charge in [-0.2, -0.15) is 0 Å². The molecule has 2 fully saturated rings. The first kappa shape index (κ1) is 10.2. The van der Waals surface area contributed by atoms with E-state index in [2.05, 4.69) is 45.7 Å². The summed E-state index contributed by atoms with van der Waals surface area (Å²) in [5, 5.41) is 0.939. The summed E-state index contributed by atoms with van der Waals surface area (Å²) >= 11 is 7.11. The standard InChI is InChI=1S/C10H14Br2O/c1-9-4-3-6(7(12)8(9)13)10(9,2)5-11/h6-7H,3-5H2,1-2H3/t6?,7?,9-,10?/m1/s1. The van der Waals surface area contributed by atoms with Gasteiger partial charge in [0.1, 0.15) is 0 Å². The first-order chi connectivity index (χ1) is 5.97. The third-order valence-corrected chi connectivity index (χ3v) is 6.68. The second-order valence-corrected chi connectivity index (χ2v) is 6.34. The molecule has 0 aromatic heterocycles. The van der Waals surface area contributed by atoms with Crippen LogP contribution < -0.4 is 0 Å². The van der Waals surface area contributed by atoms with Crippen molar-refractivity contribution in [1.29, 1.82) is 0 Å². The van der Waals surface area contributed by atoms with E-state index in [-0.39, 0.29) is 15.7 Å². The van der Waals surface area contributed by atoms with Gasteiger partial charge in [-0.3, -0.25) is 4.79 Å². The van der Waals surface area contributed by atoms with Crippen molar-refractivity contribution in [2.75, 3.05) is 5.33 Å². The lowest BCUT2D eigenvalue weighted by atomic mass is 9.70. The maximum atomic E-state index is 12.0. The highest BCUT2D eigenvalue weighted by atomic mass is 79.9.